The Morgan fingerprint density at radius 1 is 1.32 bits per heavy atom. The molecule has 25 heavy (non-hydrogen) atoms. The molecule has 3 rings (SSSR count). The van der Waals surface area contributed by atoms with E-state index in [4.69, 9.17) is 0 Å². The van der Waals surface area contributed by atoms with Gasteiger partial charge in [-0.1, -0.05) is 32.8 Å². The fourth-order valence-corrected chi connectivity index (χ4v) is 3.86. The van der Waals surface area contributed by atoms with Crippen molar-refractivity contribution in [2.24, 2.45) is 23.7 Å². The third kappa shape index (κ3) is 4.50. The molecule has 7 nitrogen and oxygen atoms in total. The monoisotopic (exact) mass is 348 g/mol. The number of hydrogen-bond donors (Lipinski definition) is 1. The van der Waals surface area contributed by atoms with Crippen LogP contribution in [0.2, 0.25) is 0 Å². The molecule has 1 N–H and O–H groups in total. The van der Waals surface area contributed by atoms with Crippen molar-refractivity contribution in [3.63, 3.8) is 0 Å². The summed E-state index contributed by atoms with van der Waals surface area (Å²) >= 11 is 0. The molecule has 1 aromatic rings. The van der Waals surface area contributed by atoms with Crippen LogP contribution in [0.25, 0.3) is 0 Å². The Morgan fingerprint density at radius 2 is 2.12 bits per heavy atom. The van der Waals surface area contributed by atoms with Crippen LogP contribution < -0.4 is 10.2 Å². The summed E-state index contributed by atoms with van der Waals surface area (Å²) < 4.78 is 2.04. The third-order valence-corrected chi connectivity index (χ3v) is 5.34. The number of tetrazole rings is 1. The largest absolute Gasteiger partial charge is 0.356 e. The quantitative estimate of drug-likeness (QED) is 0.818. The van der Waals surface area contributed by atoms with Gasteiger partial charge in [0, 0.05) is 25.6 Å². The molecular weight excluding hydrogens is 316 g/mol. The maximum Gasteiger partial charge on any atom is 0.245 e. The summed E-state index contributed by atoms with van der Waals surface area (Å²) in [5.41, 5.74) is 0. The van der Waals surface area contributed by atoms with E-state index in [9.17, 15) is 4.79 Å². The number of hydrogen-bond acceptors (Lipinski definition) is 5. The van der Waals surface area contributed by atoms with Crippen LogP contribution in [0, 0.1) is 23.7 Å². The maximum absolute atomic E-state index is 11.8. The lowest BCUT2D eigenvalue weighted by Gasteiger charge is -2.33. The minimum atomic E-state index is 0.0414. The Kier molecular flexibility index (Phi) is 5.59. The first-order chi connectivity index (χ1) is 12.0. The van der Waals surface area contributed by atoms with E-state index in [2.05, 4.69) is 39.6 Å². The number of carbonyl (C=O) groups excluding carboxylic acids is 1. The Hall–Kier alpha value is -1.66. The normalized spacial score (nSPS) is 26.3. The summed E-state index contributed by atoms with van der Waals surface area (Å²) in [6.45, 7) is 11.1. The molecule has 7 heteroatoms. The van der Waals surface area contributed by atoms with Crippen LogP contribution in [0.5, 0.6) is 0 Å². The summed E-state index contributed by atoms with van der Waals surface area (Å²) in [4.78, 5) is 14.1. The third-order valence-electron chi connectivity index (χ3n) is 5.34. The molecule has 1 unspecified atom stereocenters. The van der Waals surface area contributed by atoms with Crippen LogP contribution in [0.1, 0.15) is 59.4 Å². The van der Waals surface area contributed by atoms with Crippen LogP contribution in [-0.4, -0.2) is 45.7 Å². The fourth-order valence-electron chi connectivity index (χ4n) is 3.86. The van der Waals surface area contributed by atoms with Gasteiger partial charge in [0.2, 0.25) is 11.9 Å². The summed E-state index contributed by atoms with van der Waals surface area (Å²) in [7, 11) is 0. The van der Waals surface area contributed by atoms with Crippen molar-refractivity contribution in [2.45, 2.75) is 59.4 Å². The Balaban J connectivity index is 1.57. The van der Waals surface area contributed by atoms with Gasteiger partial charge in [-0.15, -0.1) is 0 Å². The van der Waals surface area contributed by atoms with E-state index in [1.54, 1.807) is 0 Å². The smallest absolute Gasteiger partial charge is 0.245 e. The molecule has 1 aliphatic heterocycles. The zero-order valence-corrected chi connectivity index (χ0v) is 16.0. The average Bonchev–Trinajstić information content (AvgIpc) is 3.14. The van der Waals surface area contributed by atoms with Gasteiger partial charge in [-0.3, -0.25) is 4.79 Å². The van der Waals surface area contributed by atoms with Crippen molar-refractivity contribution in [1.29, 1.82) is 0 Å². The van der Waals surface area contributed by atoms with Gasteiger partial charge in [-0.2, -0.15) is 0 Å². The van der Waals surface area contributed by atoms with Crippen LogP contribution in [-0.2, 0) is 4.79 Å². The lowest BCUT2D eigenvalue weighted by atomic mass is 9.98. The minimum absolute atomic E-state index is 0.0414. The van der Waals surface area contributed by atoms with E-state index in [0.717, 1.165) is 44.3 Å². The number of amides is 1. The van der Waals surface area contributed by atoms with Gasteiger partial charge < -0.3 is 10.2 Å². The van der Waals surface area contributed by atoms with Crippen molar-refractivity contribution < 1.29 is 4.79 Å². The molecular formula is C18H32N6O. The van der Waals surface area contributed by atoms with Gasteiger partial charge in [0.05, 0.1) is 6.04 Å². The zero-order valence-electron chi connectivity index (χ0n) is 16.0. The Bertz CT molecular complexity index is 584. The summed E-state index contributed by atoms with van der Waals surface area (Å²) in [6.07, 6.45) is 4.71. The van der Waals surface area contributed by atoms with E-state index in [-0.39, 0.29) is 11.8 Å². The number of piperidine rings is 1. The average molecular weight is 348 g/mol. The first-order valence-electron chi connectivity index (χ1n) is 9.76. The number of nitrogens with one attached hydrogen (secondary N) is 1. The molecule has 2 fully saturated rings. The highest BCUT2D eigenvalue weighted by Gasteiger charge is 2.42. The molecule has 1 saturated carbocycles. The van der Waals surface area contributed by atoms with E-state index < -0.39 is 0 Å². The number of aromatic nitrogens is 4. The minimum Gasteiger partial charge on any atom is -0.356 e. The molecule has 3 atom stereocenters. The van der Waals surface area contributed by atoms with Gasteiger partial charge in [-0.25, -0.2) is 4.68 Å². The van der Waals surface area contributed by atoms with Gasteiger partial charge in [0.25, 0.3) is 0 Å². The zero-order chi connectivity index (χ0) is 18.0. The van der Waals surface area contributed by atoms with Crippen LogP contribution in [0.15, 0.2) is 0 Å². The van der Waals surface area contributed by atoms with E-state index in [1.807, 2.05) is 18.5 Å². The predicted molar refractivity (Wildman–Crippen MR) is 97.2 cm³/mol. The highest BCUT2D eigenvalue weighted by Crippen LogP contribution is 2.48. The lowest BCUT2D eigenvalue weighted by Crippen LogP contribution is -2.42. The van der Waals surface area contributed by atoms with Crippen molar-refractivity contribution >= 4 is 11.9 Å². The van der Waals surface area contributed by atoms with Crippen LogP contribution in [0.4, 0.5) is 5.95 Å². The first kappa shape index (κ1) is 18.1. The fraction of sp³-hybridized carbons (Fsp3) is 0.889. The number of rotatable bonds is 7. The maximum atomic E-state index is 11.8. The van der Waals surface area contributed by atoms with Crippen molar-refractivity contribution in [3.05, 3.63) is 0 Å². The van der Waals surface area contributed by atoms with Crippen molar-refractivity contribution in [3.8, 4) is 0 Å². The summed E-state index contributed by atoms with van der Waals surface area (Å²) in [5.74, 6) is 2.99. The van der Waals surface area contributed by atoms with Gasteiger partial charge >= 0.3 is 0 Å². The Labute approximate surface area is 150 Å². The first-order valence-corrected chi connectivity index (χ1v) is 9.76. The van der Waals surface area contributed by atoms with Gasteiger partial charge in [0.1, 0.15) is 0 Å². The topological polar surface area (TPSA) is 75.9 Å². The molecule has 0 spiro atoms. The predicted octanol–water partition coefficient (Wildman–Crippen LogP) is 2.27. The van der Waals surface area contributed by atoms with E-state index >= 15 is 0 Å². The Morgan fingerprint density at radius 3 is 2.84 bits per heavy atom. The molecule has 0 radical (unpaired) electrons. The summed E-state index contributed by atoms with van der Waals surface area (Å²) in [6, 6.07) is 0.466. The van der Waals surface area contributed by atoms with E-state index in [1.165, 1.54) is 12.8 Å². The standard InChI is InChI=1S/C18H32N6O/c1-12(2)8-15-9-16(15)24-18(20-21-22-24)23-7-5-6-14(11-23)10-19-17(25)13(3)4/h12-16H,5-11H2,1-4H3,(H,19,25)/t14?,15-,16-/m1/s1. The second kappa shape index (κ2) is 7.70. The molecule has 1 saturated heterocycles. The van der Waals surface area contributed by atoms with E-state index in [0.29, 0.717) is 17.9 Å². The number of anilines is 1. The van der Waals surface area contributed by atoms with Crippen molar-refractivity contribution in [1.82, 2.24) is 25.5 Å². The molecule has 0 bridgehead atoms. The van der Waals surface area contributed by atoms with Crippen LogP contribution >= 0.6 is 0 Å². The molecule has 0 aromatic carbocycles. The molecule has 1 amide bonds. The lowest BCUT2D eigenvalue weighted by molar-refractivity contribution is -0.124. The second-order valence-electron chi connectivity index (χ2n) is 8.47. The molecule has 1 aromatic heterocycles. The molecule has 2 aliphatic rings. The van der Waals surface area contributed by atoms with Gasteiger partial charge in [0.15, 0.2) is 0 Å². The van der Waals surface area contributed by atoms with Crippen molar-refractivity contribution in [2.75, 3.05) is 24.5 Å². The molecule has 1 aliphatic carbocycles. The number of carbonyl (C=O) groups is 1. The summed E-state index contributed by atoms with van der Waals surface area (Å²) in [5, 5.41) is 15.6. The highest BCUT2D eigenvalue weighted by atomic mass is 16.1. The number of nitrogens with zero attached hydrogens (tertiary/aromatic N) is 5. The molecule has 2 heterocycles. The van der Waals surface area contributed by atoms with Crippen LogP contribution in [0.3, 0.4) is 0 Å². The van der Waals surface area contributed by atoms with Gasteiger partial charge in [-0.05, 0) is 53.9 Å². The SMILES string of the molecule is CC(C)C[C@@H]1C[C@H]1n1nnnc1N1CCCC(CNC(=O)C(C)C)C1. The second-order valence-corrected chi connectivity index (χ2v) is 8.47. The molecule has 140 valence electrons. The highest BCUT2D eigenvalue weighted by molar-refractivity contribution is 5.77.